The molecule has 0 aliphatic rings. The predicted octanol–water partition coefficient (Wildman–Crippen LogP) is -0.358. The van der Waals surface area contributed by atoms with Crippen LogP contribution in [0.25, 0.3) is 0 Å². The van der Waals surface area contributed by atoms with Gasteiger partial charge in [0.1, 0.15) is 0 Å². The average molecular weight is 146 g/mol. The summed E-state index contributed by atoms with van der Waals surface area (Å²) in [4.78, 5) is 0. The van der Waals surface area contributed by atoms with Crippen molar-refractivity contribution in [1.29, 1.82) is 0 Å². The number of nitrogens with zero attached hydrogens (tertiary/aromatic N) is 1. The molecule has 0 aromatic rings. The molecule has 0 aromatic heterocycles. The number of nitrogens with two attached hydrogens (primary N) is 1. The van der Waals surface area contributed by atoms with Gasteiger partial charge in [-0.05, 0) is 6.92 Å². The molecule has 0 aromatic carbocycles. The minimum atomic E-state index is -0.0000926. The summed E-state index contributed by atoms with van der Waals surface area (Å²) in [5.41, 5.74) is 11.8. The Morgan fingerprint density at radius 2 is 1.70 bits per heavy atom. The standard InChI is InChI=1S/C6H18N4/c1-4-8-10(6(3)7)9-5-2/h6,8-9H,4-5,7H2,1-3H3. The largest absolute Gasteiger partial charge is 0.314 e. The van der Waals surface area contributed by atoms with Gasteiger partial charge in [-0.1, -0.05) is 13.8 Å². The van der Waals surface area contributed by atoms with E-state index in [2.05, 4.69) is 10.9 Å². The summed E-state index contributed by atoms with van der Waals surface area (Å²) >= 11 is 0. The predicted molar refractivity (Wildman–Crippen MR) is 42.8 cm³/mol. The van der Waals surface area contributed by atoms with Crippen LogP contribution >= 0.6 is 0 Å². The number of hydrazine groups is 2. The van der Waals surface area contributed by atoms with Crippen LogP contribution in [-0.4, -0.2) is 24.4 Å². The molecular formula is C6H18N4. The maximum absolute atomic E-state index is 5.61. The van der Waals surface area contributed by atoms with E-state index in [1.165, 1.54) is 0 Å². The zero-order valence-corrected chi connectivity index (χ0v) is 7.02. The zero-order valence-electron chi connectivity index (χ0n) is 7.02. The fraction of sp³-hybridized carbons (Fsp3) is 1.00. The Kier molecular flexibility index (Phi) is 5.52. The molecular weight excluding hydrogens is 128 g/mol. The molecule has 1 atom stereocenters. The smallest absolute Gasteiger partial charge is 0.0837 e. The Bertz CT molecular complexity index is 68.1. The molecule has 0 bridgehead atoms. The number of nitrogens with one attached hydrogen (secondary N) is 2. The van der Waals surface area contributed by atoms with Crippen LogP contribution in [0.15, 0.2) is 0 Å². The van der Waals surface area contributed by atoms with Gasteiger partial charge in [-0.25, -0.2) is 10.9 Å². The lowest BCUT2D eigenvalue weighted by Gasteiger charge is -2.26. The number of rotatable bonds is 5. The minimum Gasteiger partial charge on any atom is -0.314 e. The first kappa shape index (κ1) is 9.84. The van der Waals surface area contributed by atoms with Crippen molar-refractivity contribution in [3.05, 3.63) is 0 Å². The number of hydrogen-bond acceptors (Lipinski definition) is 4. The molecule has 0 spiro atoms. The summed E-state index contributed by atoms with van der Waals surface area (Å²) in [5, 5.41) is 1.81. The first-order valence-corrected chi connectivity index (χ1v) is 3.74. The lowest BCUT2D eigenvalue weighted by Crippen LogP contribution is -2.56. The summed E-state index contributed by atoms with van der Waals surface area (Å²) in [5.74, 6) is 0. The molecule has 4 heteroatoms. The Labute approximate surface area is 62.7 Å². The lowest BCUT2D eigenvalue weighted by atomic mass is 10.6. The van der Waals surface area contributed by atoms with Crippen LogP contribution in [0.2, 0.25) is 0 Å². The maximum Gasteiger partial charge on any atom is 0.0837 e. The summed E-state index contributed by atoms with van der Waals surface area (Å²) in [6.07, 6.45) is -0.0000926. The molecule has 0 radical (unpaired) electrons. The first-order valence-electron chi connectivity index (χ1n) is 3.74. The monoisotopic (exact) mass is 146 g/mol. The van der Waals surface area contributed by atoms with Crippen LogP contribution in [0, 0.1) is 0 Å². The van der Waals surface area contributed by atoms with Crippen molar-refractivity contribution in [2.75, 3.05) is 13.1 Å². The van der Waals surface area contributed by atoms with Crippen LogP contribution < -0.4 is 16.6 Å². The van der Waals surface area contributed by atoms with Crippen molar-refractivity contribution >= 4 is 0 Å². The molecule has 0 aliphatic carbocycles. The molecule has 1 unspecified atom stereocenters. The fourth-order valence-corrected chi connectivity index (χ4v) is 0.685. The molecule has 0 fully saturated rings. The lowest BCUT2D eigenvalue weighted by molar-refractivity contribution is 0.0749. The van der Waals surface area contributed by atoms with E-state index >= 15 is 0 Å². The third-order valence-electron chi connectivity index (χ3n) is 1.06. The summed E-state index contributed by atoms with van der Waals surface area (Å²) < 4.78 is 0. The van der Waals surface area contributed by atoms with Gasteiger partial charge in [-0.15, -0.1) is 0 Å². The van der Waals surface area contributed by atoms with Gasteiger partial charge >= 0.3 is 0 Å². The SMILES string of the molecule is CCNN(NCC)C(C)N. The molecule has 0 amide bonds. The van der Waals surface area contributed by atoms with E-state index in [0.717, 1.165) is 13.1 Å². The van der Waals surface area contributed by atoms with E-state index < -0.39 is 0 Å². The molecule has 62 valence electrons. The van der Waals surface area contributed by atoms with Gasteiger partial charge in [0.2, 0.25) is 0 Å². The van der Waals surface area contributed by atoms with Gasteiger partial charge in [0.25, 0.3) is 0 Å². The van der Waals surface area contributed by atoms with Crippen LogP contribution in [-0.2, 0) is 0 Å². The van der Waals surface area contributed by atoms with E-state index in [4.69, 9.17) is 5.73 Å². The summed E-state index contributed by atoms with van der Waals surface area (Å²) in [6.45, 7) is 7.76. The van der Waals surface area contributed by atoms with Crippen LogP contribution in [0.1, 0.15) is 20.8 Å². The normalized spacial score (nSPS) is 14.1. The fourth-order valence-electron chi connectivity index (χ4n) is 0.685. The highest BCUT2D eigenvalue weighted by Gasteiger charge is 2.04. The molecule has 0 rings (SSSR count). The van der Waals surface area contributed by atoms with Gasteiger partial charge in [-0.2, -0.15) is 5.12 Å². The van der Waals surface area contributed by atoms with Crippen molar-refractivity contribution in [3.63, 3.8) is 0 Å². The van der Waals surface area contributed by atoms with Crippen molar-refractivity contribution < 1.29 is 0 Å². The highest BCUT2D eigenvalue weighted by Crippen LogP contribution is 1.79. The van der Waals surface area contributed by atoms with Gasteiger partial charge in [0.05, 0.1) is 6.17 Å². The molecule has 0 heterocycles. The highest BCUT2D eigenvalue weighted by molar-refractivity contribution is 4.48. The van der Waals surface area contributed by atoms with E-state index in [1.54, 1.807) is 5.12 Å². The number of hydrogen-bond donors (Lipinski definition) is 3. The maximum atomic E-state index is 5.61. The van der Waals surface area contributed by atoms with Crippen molar-refractivity contribution in [2.24, 2.45) is 5.73 Å². The Hall–Kier alpha value is -0.160. The average Bonchev–Trinajstić information content (AvgIpc) is 1.87. The van der Waals surface area contributed by atoms with Gasteiger partial charge < -0.3 is 5.73 Å². The van der Waals surface area contributed by atoms with E-state index in [1.807, 2.05) is 20.8 Å². The second-order valence-electron chi connectivity index (χ2n) is 2.13. The topological polar surface area (TPSA) is 53.3 Å². The second kappa shape index (κ2) is 5.61. The summed E-state index contributed by atoms with van der Waals surface area (Å²) in [6, 6.07) is 0. The van der Waals surface area contributed by atoms with Gasteiger partial charge in [0, 0.05) is 13.1 Å². The second-order valence-corrected chi connectivity index (χ2v) is 2.13. The van der Waals surface area contributed by atoms with E-state index in [0.29, 0.717) is 0 Å². The van der Waals surface area contributed by atoms with E-state index in [-0.39, 0.29) is 6.17 Å². The summed E-state index contributed by atoms with van der Waals surface area (Å²) in [7, 11) is 0. The third-order valence-corrected chi connectivity index (χ3v) is 1.06. The van der Waals surface area contributed by atoms with Gasteiger partial charge in [-0.3, -0.25) is 0 Å². The van der Waals surface area contributed by atoms with Crippen molar-refractivity contribution in [3.8, 4) is 0 Å². The molecule has 0 saturated heterocycles. The zero-order chi connectivity index (χ0) is 7.98. The third kappa shape index (κ3) is 3.79. The van der Waals surface area contributed by atoms with Crippen molar-refractivity contribution in [2.45, 2.75) is 26.9 Å². The van der Waals surface area contributed by atoms with Crippen LogP contribution in [0.3, 0.4) is 0 Å². The van der Waals surface area contributed by atoms with E-state index in [9.17, 15) is 0 Å². The van der Waals surface area contributed by atoms with Crippen molar-refractivity contribution in [1.82, 2.24) is 16.0 Å². The highest BCUT2D eigenvalue weighted by atomic mass is 15.7. The van der Waals surface area contributed by atoms with Crippen LogP contribution in [0.4, 0.5) is 0 Å². The molecule has 10 heavy (non-hydrogen) atoms. The molecule has 0 saturated carbocycles. The molecule has 4 N–H and O–H groups in total. The first-order chi connectivity index (χ1) is 4.72. The quantitative estimate of drug-likeness (QED) is 0.366. The minimum absolute atomic E-state index is 0.0000926. The Balaban J connectivity index is 3.50. The molecule has 0 aliphatic heterocycles. The van der Waals surface area contributed by atoms with Gasteiger partial charge in [0.15, 0.2) is 0 Å². The Morgan fingerprint density at radius 1 is 1.30 bits per heavy atom. The molecule has 4 nitrogen and oxygen atoms in total. The van der Waals surface area contributed by atoms with Crippen LogP contribution in [0.5, 0.6) is 0 Å². The Morgan fingerprint density at radius 3 is 1.90 bits per heavy atom.